The van der Waals surface area contributed by atoms with E-state index in [1.165, 1.54) is 74.5 Å². The summed E-state index contributed by atoms with van der Waals surface area (Å²) in [4.78, 5) is 11.1. The number of aryl methyl sites for hydroxylation is 2. The zero-order chi connectivity index (χ0) is 16.5. The van der Waals surface area contributed by atoms with E-state index < -0.39 is 5.97 Å². The molecule has 0 fully saturated rings. The van der Waals surface area contributed by atoms with Crippen LogP contribution >= 0.6 is 0 Å². The number of rotatable bonds is 10. The van der Waals surface area contributed by atoms with E-state index >= 15 is 0 Å². The van der Waals surface area contributed by atoms with Gasteiger partial charge in [-0.2, -0.15) is 0 Å². The van der Waals surface area contributed by atoms with Crippen molar-refractivity contribution >= 4 is 5.97 Å². The van der Waals surface area contributed by atoms with Gasteiger partial charge in [0.1, 0.15) is 0 Å². The van der Waals surface area contributed by atoms with Crippen LogP contribution in [0.1, 0.15) is 81.4 Å². The summed E-state index contributed by atoms with van der Waals surface area (Å²) >= 11 is 0. The van der Waals surface area contributed by atoms with E-state index in [-0.39, 0.29) is 5.92 Å². The van der Waals surface area contributed by atoms with Crippen LogP contribution in [0.4, 0.5) is 0 Å². The molecule has 2 heteroatoms. The second-order valence-corrected chi connectivity index (χ2v) is 7.11. The van der Waals surface area contributed by atoms with Gasteiger partial charge < -0.3 is 5.11 Å². The second kappa shape index (κ2) is 9.75. The summed E-state index contributed by atoms with van der Waals surface area (Å²) < 4.78 is 0. The van der Waals surface area contributed by atoms with E-state index in [0.29, 0.717) is 6.42 Å². The minimum absolute atomic E-state index is 0.180. The lowest BCUT2D eigenvalue weighted by Crippen LogP contribution is -2.22. The third-order valence-corrected chi connectivity index (χ3v) is 5.17. The topological polar surface area (TPSA) is 37.3 Å². The Morgan fingerprint density at radius 1 is 1.04 bits per heavy atom. The predicted octanol–water partition coefficient (Wildman–Crippen LogP) is 5.56. The molecule has 0 radical (unpaired) electrons. The van der Waals surface area contributed by atoms with Gasteiger partial charge in [0.25, 0.3) is 0 Å². The molecule has 0 spiro atoms. The van der Waals surface area contributed by atoms with Gasteiger partial charge in [-0.15, -0.1) is 0 Å². The Morgan fingerprint density at radius 2 is 1.74 bits per heavy atom. The molecule has 2 nitrogen and oxygen atoms in total. The number of unbranched alkanes of at least 4 members (excludes halogenated alkanes) is 7. The fourth-order valence-electron chi connectivity index (χ4n) is 3.64. The highest BCUT2D eigenvalue weighted by molar-refractivity contribution is 5.71. The molecule has 1 atom stereocenters. The highest BCUT2D eigenvalue weighted by atomic mass is 16.4. The van der Waals surface area contributed by atoms with Gasteiger partial charge in [0.15, 0.2) is 0 Å². The van der Waals surface area contributed by atoms with E-state index in [1.807, 2.05) is 0 Å². The van der Waals surface area contributed by atoms with Crippen LogP contribution in [0.25, 0.3) is 0 Å². The average molecular weight is 316 g/mol. The quantitative estimate of drug-likeness (QED) is 0.574. The number of hydrogen-bond donors (Lipinski definition) is 1. The van der Waals surface area contributed by atoms with Gasteiger partial charge in [0.05, 0.1) is 5.92 Å². The Hall–Kier alpha value is -1.31. The maximum absolute atomic E-state index is 11.1. The predicted molar refractivity (Wildman–Crippen MR) is 95.9 cm³/mol. The molecule has 1 aromatic rings. The van der Waals surface area contributed by atoms with Crippen LogP contribution in [0.3, 0.4) is 0 Å². The summed E-state index contributed by atoms with van der Waals surface area (Å²) in [6.07, 6.45) is 14.5. The van der Waals surface area contributed by atoms with Crippen LogP contribution in [0.5, 0.6) is 0 Å². The maximum Gasteiger partial charge on any atom is 0.306 e. The molecule has 0 saturated carbocycles. The van der Waals surface area contributed by atoms with Gasteiger partial charge >= 0.3 is 5.97 Å². The monoisotopic (exact) mass is 316 g/mol. The summed E-state index contributed by atoms with van der Waals surface area (Å²) in [6.45, 7) is 2.26. The molecule has 1 aromatic carbocycles. The summed E-state index contributed by atoms with van der Waals surface area (Å²) in [6, 6.07) is 6.71. The van der Waals surface area contributed by atoms with Crippen LogP contribution in [0.2, 0.25) is 0 Å². The van der Waals surface area contributed by atoms with E-state index in [4.69, 9.17) is 5.11 Å². The van der Waals surface area contributed by atoms with Crippen LogP contribution in [-0.2, 0) is 24.1 Å². The lowest BCUT2D eigenvalue weighted by molar-refractivity contribution is -0.142. The molecule has 1 aliphatic rings. The first kappa shape index (κ1) is 18.0. The minimum Gasteiger partial charge on any atom is -0.481 e. The number of benzene rings is 1. The third-order valence-electron chi connectivity index (χ3n) is 5.17. The smallest absolute Gasteiger partial charge is 0.306 e. The summed E-state index contributed by atoms with van der Waals surface area (Å²) in [5.41, 5.74) is 4.08. The lowest BCUT2D eigenvalue weighted by Gasteiger charge is -2.22. The normalized spacial score (nSPS) is 17.0. The molecule has 1 unspecified atom stereocenters. The summed E-state index contributed by atoms with van der Waals surface area (Å²) in [5, 5.41) is 9.15. The van der Waals surface area contributed by atoms with Crippen LogP contribution in [0, 0.1) is 5.92 Å². The zero-order valence-corrected chi connectivity index (χ0v) is 14.7. The Kier molecular flexibility index (Phi) is 7.64. The number of fused-ring (bicyclic) bond motifs is 1. The fraction of sp³-hybridized carbons (Fsp3) is 0.667. The van der Waals surface area contributed by atoms with Gasteiger partial charge in [0, 0.05) is 0 Å². The summed E-state index contributed by atoms with van der Waals surface area (Å²) in [7, 11) is 0. The van der Waals surface area contributed by atoms with Crippen molar-refractivity contribution in [3.63, 3.8) is 0 Å². The summed E-state index contributed by atoms with van der Waals surface area (Å²) in [5.74, 6) is -0.820. The molecule has 0 bridgehead atoms. The Bertz CT molecular complexity index is 493. The van der Waals surface area contributed by atoms with Gasteiger partial charge in [-0.05, 0) is 48.8 Å². The molecule has 0 amide bonds. The Morgan fingerprint density at radius 3 is 2.43 bits per heavy atom. The molecule has 0 aromatic heterocycles. The molecular weight excluding hydrogens is 284 g/mol. The molecule has 0 heterocycles. The van der Waals surface area contributed by atoms with Crippen molar-refractivity contribution in [2.24, 2.45) is 5.92 Å². The highest BCUT2D eigenvalue weighted by Gasteiger charge is 2.24. The average Bonchev–Trinajstić information content (AvgIpc) is 2.56. The standard InChI is InChI=1S/C21H32O2/c1-2-3-4-5-6-7-8-9-10-17-11-12-19-16-20(21(22)23)14-13-18(19)15-17/h11-12,15,20H,2-10,13-14,16H2,1H3,(H,22,23). The number of hydrogen-bond acceptors (Lipinski definition) is 1. The molecular formula is C21H32O2. The second-order valence-electron chi connectivity index (χ2n) is 7.11. The minimum atomic E-state index is -0.640. The largest absolute Gasteiger partial charge is 0.481 e. The molecule has 1 N–H and O–H groups in total. The van der Waals surface area contributed by atoms with Crippen molar-refractivity contribution in [3.8, 4) is 0 Å². The molecule has 128 valence electrons. The highest BCUT2D eigenvalue weighted by Crippen LogP contribution is 2.27. The Balaban J connectivity index is 1.68. The number of carbonyl (C=O) groups is 1. The number of carboxylic acids is 1. The fourth-order valence-corrected chi connectivity index (χ4v) is 3.64. The SMILES string of the molecule is CCCCCCCCCCc1ccc2c(c1)CCC(C(=O)O)C2. The van der Waals surface area contributed by atoms with E-state index in [9.17, 15) is 4.79 Å². The third kappa shape index (κ3) is 6.01. The first-order valence-corrected chi connectivity index (χ1v) is 9.54. The maximum atomic E-state index is 11.1. The van der Waals surface area contributed by atoms with Crippen LogP contribution < -0.4 is 0 Å². The molecule has 23 heavy (non-hydrogen) atoms. The van der Waals surface area contributed by atoms with Gasteiger partial charge in [-0.25, -0.2) is 0 Å². The van der Waals surface area contributed by atoms with Crippen LogP contribution in [0.15, 0.2) is 18.2 Å². The number of aliphatic carboxylic acids is 1. The molecule has 0 saturated heterocycles. The van der Waals surface area contributed by atoms with Crippen molar-refractivity contribution in [3.05, 3.63) is 34.9 Å². The molecule has 0 aliphatic heterocycles. The molecule has 2 rings (SSSR count). The zero-order valence-electron chi connectivity index (χ0n) is 14.7. The lowest BCUT2D eigenvalue weighted by atomic mass is 9.83. The van der Waals surface area contributed by atoms with Crippen molar-refractivity contribution in [2.75, 3.05) is 0 Å². The van der Waals surface area contributed by atoms with E-state index in [2.05, 4.69) is 25.1 Å². The van der Waals surface area contributed by atoms with Gasteiger partial charge in [-0.3, -0.25) is 4.79 Å². The first-order valence-electron chi connectivity index (χ1n) is 9.54. The van der Waals surface area contributed by atoms with Crippen LogP contribution in [-0.4, -0.2) is 11.1 Å². The molecule has 1 aliphatic carbocycles. The van der Waals surface area contributed by atoms with Crippen molar-refractivity contribution in [1.82, 2.24) is 0 Å². The van der Waals surface area contributed by atoms with E-state index in [1.54, 1.807) is 0 Å². The number of carboxylic acid groups (broad SMARTS) is 1. The Labute approximate surface area is 141 Å². The van der Waals surface area contributed by atoms with Crippen molar-refractivity contribution in [2.45, 2.75) is 84.0 Å². The van der Waals surface area contributed by atoms with Gasteiger partial charge in [-0.1, -0.05) is 70.1 Å². The van der Waals surface area contributed by atoms with Crippen molar-refractivity contribution < 1.29 is 9.90 Å². The first-order chi connectivity index (χ1) is 11.2. The van der Waals surface area contributed by atoms with Gasteiger partial charge in [0.2, 0.25) is 0 Å². The van der Waals surface area contributed by atoms with E-state index in [0.717, 1.165) is 12.8 Å². The van der Waals surface area contributed by atoms with Crippen molar-refractivity contribution in [1.29, 1.82) is 0 Å².